The molecule has 0 aromatic heterocycles. The van der Waals surface area contributed by atoms with Gasteiger partial charge in [0.15, 0.2) is 0 Å². The number of hydrogen-bond acceptors (Lipinski definition) is 0. The monoisotopic (exact) mass is 260 g/mol. The lowest BCUT2D eigenvalue weighted by atomic mass is 10.1. The molecule has 0 amide bonds. The second kappa shape index (κ2) is 4.90. The molecule has 0 atom stereocenters. The Balaban J connectivity index is 2.81. The van der Waals surface area contributed by atoms with E-state index in [1.54, 1.807) is 0 Å². The molecule has 0 bridgehead atoms. The lowest BCUT2D eigenvalue weighted by Gasteiger charge is -2.34. The normalized spacial score (nSPS) is 12.9. The SMILES string of the molecule is CCC(C)(C)[Si](Cl)(Cl)Cc1ccccc1. The Morgan fingerprint density at radius 2 is 1.67 bits per heavy atom. The highest BCUT2D eigenvalue weighted by Crippen LogP contribution is 2.46. The largest absolute Gasteiger partial charge is 0.260 e. The van der Waals surface area contributed by atoms with Crippen molar-refractivity contribution in [1.82, 2.24) is 0 Å². The zero-order chi connectivity index (χ0) is 11.5. The van der Waals surface area contributed by atoms with Crippen LogP contribution in [-0.2, 0) is 6.04 Å². The number of rotatable bonds is 4. The second-order valence-corrected chi connectivity index (χ2v) is 12.2. The molecular weight excluding hydrogens is 243 g/mol. The van der Waals surface area contributed by atoms with E-state index in [1.807, 2.05) is 18.2 Å². The van der Waals surface area contributed by atoms with Crippen molar-refractivity contribution in [2.75, 3.05) is 0 Å². The summed E-state index contributed by atoms with van der Waals surface area (Å²) in [5, 5.41) is 0.0615. The van der Waals surface area contributed by atoms with Crippen molar-refractivity contribution in [2.24, 2.45) is 0 Å². The molecule has 84 valence electrons. The first-order chi connectivity index (χ1) is 6.89. The van der Waals surface area contributed by atoms with Crippen LogP contribution < -0.4 is 0 Å². The van der Waals surface area contributed by atoms with E-state index in [0.29, 0.717) is 0 Å². The zero-order valence-corrected chi connectivity index (χ0v) is 12.1. The third kappa shape index (κ3) is 3.23. The van der Waals surface area contributed by atoms with Crippen LogP contribution in [0.25, 0.3) is 0 Å². The fourth-order valence-corrected chi connectivity index (χ4v) is 4.82. The van der Waals surface area contributed by atoms with E-state index in [2.05, 4.69) is 32.9 Å². The first-order valence-corrected chi connectivity index (χ1v) is 9.54. The third-order valence-electron chi connectivity index (χ3n) is 3.14. The van der Waals surface area contributed by atoms with E-state index in [-0.39, 0.29) is 5.04 Å². The van der Waals surface area contributed by atoms with Crippen LogP contribution in [-0.4, -0.2) is 6.69 Å². The van der Waals surface area contributed by atoms with Crippen molar-refractivity contribution in [1.29, 1.82) is 0 Å². The molecule has 1 rings (SSSR count). The molecule has 1 aromatic carbocycles. The molecule has 0 radical (unpaired) electrons. The standard InChI is InChI=1S/C12H18Cl2Si/c1-4-12(2,3)15(13,14)10-11-8-6-5-7-9-11/h5-9H,4,10H2,1-3H3. The molecule has 0 aliphatic heterocycles. The van der Waals surface area contributed by atoms with Crippen LogP contribution in [0.5, 0.6) is 0 Å². The minimum absolute atomic E-state index is 0.0615. The Kier molecular flexibility index (Phi) is 4.27. The molecule has 0 saturated heterocycles. The average Bonchev–Trinajstić information content (AvgIpc) is 2.18. The zero-order valence-electron chi connectivity index (χ0n) is 9.56. The van der Waals surface area contributed by atoms with E-state index < -0.39 is 6.69 Å². The topological polar surface area (TPSA) is 0 Å². The van der Waals surface area contributed by atoms with Crippen molar-refractivity contribution >= 4 is 28.9 Å². The van der Waals surface area contributed by atoms with Gasteiger partial charge in [0.05, 0.1) is 0 Å². The Labute approximate surface area is 103 Å². The quantitative estimate of drug-likeness (QED) is 0.535. The number of hydrogen-bond donors (Lipinski definition) is 0. The summed E-state index contributed by atoms with van der Waals surface area (Å²) in [6, 6.07) is 11.1. The van der Waals surface area contributed by atoms with Gasteiger partial charge in [-0.25, -0.2) is 0 Å². The summed E-state index contributed by atoms with van der Waals surface area (Å²) in [5.41, 5.74) is 1.25. The molecule has 1 aromatic rings. The Morgan fingerprint density at radius 1 is 1.13 bits per heavy atom. The molecule has 0 N–H and O–H groups in total. The first-order valence-electron chi connectivity index (χ1n) is 5.31. The van der Waals surface area contributed by atoms with Crippen LogP contribution in [0.3, 0.4) is 0 Å². The third-order valence-corrected chi connectivity index (χ3v) is 10.2. The maximum absolute atomic E-state index is 6.57. The van der Waals surface area contributed by atoms with E-state index in [0.717, 1.165) is 12.5 Å². The van der Waals surface area contributed by atoms with Gasteiger partial charge in [0.2, 0.25) is 0 Å². The minimum Gasteiger partial charge on any atom is -0.145 e. The fourth-order valence-electron chi connectivity index (χ4n) is 1.35. The van der Waals surface area contributed by atoms with Crippen molar-refractivity contribution in [3.05, 3.63) is 35.9 Å². The highest BCUT2D eigenvalue weighted by atomic mass is 35.7. The van der Waals surface area contributed by atoms with Crippen molar-refractivity contribution in [3.63, 3.8) is 0 Å². The summed E-state index contributed by atoms with van der Waals surface area (Å²) >= 11 is 13.1. The summed E-state index contributed by atoms with van der Waals surface area (Å²) < 4.78 is 0. The first kappa shape index (κ1) is 13.1. The Hall–Kier alpha value is 0.0169. The van der Waals surface area contributed by atoms with Gasteiger partial charge in [-0.2, -0.15) is 0 Å². The maximum Gasteiger partial charge on any atom is 0.260 e. The van der Waals surface area contributed by atoms with Gasteiger partial charge in [0, 0.05) is 0 Å². The summed E-state index contributed by atoms with van der Waals surface area (Å²) in [5.74, 6) is 0. The van der Waals surface area contributed by atoms with Gasteiger partial charge in [-0.15, -0.1) is 22.2 Å². The highest BCUT2D eigenvalue weighted by Gasteiger charge is 2.43. The van der Waals surface area contributed by atoms with E-state index in [4.69, 9.17) is 22.2 Å². The van der Waals surface area contributed by atoms with E-state index >= 15 is 0 Å². The molecule has 0 spiro atoms. The fraction of sp³-hybridized carbons (Fsp3) is 0.500. The van der Waals surface area contributed by atoms with Crippen molar-refractivity contribution < 1.29 is 0 Å². The van der Waals surface area contributed by atoms with Gasteiger partial charge in [0.1, 0.15) is 0 Å². The Morgan fingerprint density at radius 3 is 2.13 bits per heavy atom. The van der Waals surface area contributed by atoms with Crippen LogP contribution in [0.2, 0.25) is 5.04 Å². The van der Waals surface area contributed by atoms with Gasteiger partial charge in [-0.1, -0.05) is 57.5 Å². The lowest BCUT2D eigenvalue weighted by molar-refractivity contribution is 0.632. The molecular formula is C12H18Cl2Si. The summed E-state index contributed by atoms with van der Waals surface area (Å²) in [6.07, 6.45) is 1.03. The Bertz CT molecular complexity index is 307. The number of halogens is 2. The van der Waals surface area contributed by atoms with Crippen LogP contribution in [0.4, 0.5) is 0 Å². The van der Waals surface area contributed by atoms with Crippen LogP contribution in [0, 0.1) is 0 Å². The van der Waals surface area contributed by atoms with Crippen LogP contribution >= 0.6 is 22.2 Å². The minimum atomic E-state index is -2.23. The molecule has 0 saturated carbocycles. The molecule has 0 unspecified atom stereocenters. The van der Waals surface area contributed by atoms with Crippen molar-refractivity contribution in [2.45, 2.75) is 38.3 Å². The average molecular weight is 261 g/mol. The molecule has 0 aliphatic carbocycles. The molecule has 0 fully saturated rings. The molecule has 3 heteroatoms. The van der Waals surface area contributed by atoms with Gasteiger partial charge in [-0.3, -0.25) is 0 Å². The summed E-state index contributed by atoms with van der Waals surface area (Å²) in [6.45, 7) is 4.26. The van der Waals surface area contributed by atoms with Crippen LogP contribution in [0.1, 0.15) is 32.8 Å². The molecule has 0 heterocycles. The van der Waals surface area contributed by atoms with Gasteiger partial charge in [-0.05, 0) is 16.6 Å². The maximum atomic E-state index is 6.57. The predicted octanol–water partition coefficient (Wildman–Crippen LogP) is 4.88. The van der Waals surface area contributed by atoms with E-state index in [9.17, 15) is 0 Å². The smallest absolute Gasteiger partial charge is 0.145 e. The highest BCUT2D eigenvalue weighted by molar-refractivity contribution is 7.46. The van der Waals surface area contributed by atoms with Crippen molar-refractivity contribution in [3.8, 4) is 0 Å². The van der Waals surface area contributed by atoms with Gasteiger partial charge < -0.3 is 0 Å². The predicted molar refractivity (Wildman–Crippen MR) is 71.9 cm³/mol. The van der Waals surface area contributed by atoms with Gasteiger partial charge >= 0.3 is 0 Å². The van der Waals surface area contributed by atoms with E-state index in [1.165, 1.54) is 5.56 Å². The molecule has 15 heavy (non-hydrogen) atoms. The molecule has 0 aliphatic rings. The lowest BCUT2D eigenvalue weighted by Crippen LogP contribution is -2.36. The molecule has 0 nitrogen and oxygen atoms in total. The summed E-state index contributed by atoms with van der Waals surface area (Å²) in [4.78, 5) is 0. The summed E-state index contributed by atoms with van der Waals surface area (Å²) in [7, 11) is 0. The van der Waals surface area contributed by atoms with Crippen LogP contribution in [0.15, 0.2) is 30.3 Å². The number of benzene rings is 1. The van der Waals surface area contributed by atoms with Gasteiger partial charge in [0.25, 0.3) is 6.69 Å². The second-order valence-electron chi connectivity index (χ2n) is 4.60.